The van der Waals surface area contributed by atoms with Crippen LogP contribution in [0.3, 0.4) is 0 Å². The lowest BCUT2D eigenvalue weighted by Gasteiger charge is -2.11. The van der Waals surface area contributed by atoms with E-state index in [0.717, 1.165) is 59.4 Å². The van der Waals surface area contributed by atoms with E-state index in [4.69, 9.17) is 10.5 Å². The van der Waals surface area contributed by atoms with Crippen molar-refractivity contribution in [2.75, 3.05) is 5.32 Å². The summed E-state index contributed by atoms with van der Waals surface area (Å²) in [5.74, 6) is -0.249. The molecule has 2 heterocycles. The van der Waals surface area contributed by atoms with Crippen LogP contribution in [-0.4, -0.2) is 17.9 Å². The Labute approximate surface area is 173 Å². The third-order valence-corrected chi connectivity index (χ3v) is 6.45. The van der Waals surface area contributed by atoms with Crippen molar-refractivity contribution in [3.63, 3.8) is 0 Å². The number of amides is 2. The molecular formula is C22H21N3O3S. The van der Waals surface area contributed by atoms with Crippen LogP contribution in [0, 0.1) is 11.3 Å². The van der Waals surface area contributed by atoms with E-state index in [1.54, 1.807) is 6.08 Å². The maximum absolute atomic E-state index is 12.7. The molecule has 29 heavy (non-hydrogen) atoms. The minimum Gasteiger partial charge on any atom is -0.490 e. The van der Waals surface area contributed by atoms with Gasteiger partial charge in [-0.15, -0.1) is 11.3 Å². The van der Waals surface area contributed by atoms with Crippen molar-refractivity contribution in [3.05, 3.63) is 50.9 Å². The van der Waals surface area contributed by atoms with Crippen molar-refractivity contribution in [2.45, 2.75) is 45.1 Å². The molecule has 148 valence electrons. The normalized spacial score (nSPS) is 17.7. The molecule has 7 heteroatoms. The molecule has 4 rings (SSSR count). The quantitative estimate of drug-likeness (QED) is 0.597. The predicted molar refractivity (Wildman–Crippen MR) is 112 cm³/mol. The molecule has 2 amide bonds. The lowest BCUT2D eigenvalue weighted by Crippen LogP contribution is -2.19. The Morgan fingerprint density at radius 3 is 2.90 bits per heavy atom. The van der Waals surface area contributed by atoms with Crippen molar-refractivity contribution in [3.8, 4) is 11.8 Å². The molecule has 1 aliphatic carbocycles. The van der Waals surface area contributed by atoms with Gasteiger partial charge in [0.2, 0.25) is 0 Å². The van der Waals surface area contributed by atoms with E-state index < -0.39 is 11.8 Å². The van der Waals surface area contributed by atoms with Crippen LogP contribution >= 0.6 is 11.3 Å². The lowest BCUT2D eigenvalue weighted by molar-refractivity contribution is -0.112. The third-order valence-electron chi connectivity index (χ3n) is 5.24. The first-order valence-corrected chi connectivity index (χ1v) is 10.4. The number of fused-ring (bicyclic) bond motifs is 2. The van der Waals surface area contributed by atoms with Crippen LogP contribution in [0.25, 0.3) is 6.08 Å². The van der Waals surface area contributed by atoms with Crippen LogP contribution in [0.15, 0.2) is 23.8 Å². The number of ether oxygens (including phenoxy) is 1. The molecule has 0 fully saturated rings. The van der Waals surface area contributed by atoms with E-state index in [0.29, 0.717) is 10.6 Å². The fraction of sp³-hybridized carbons (Fsp3) is 0.318. The number of hydrogen-bond acceptors (Lipinski definition) is 5. The molecule has 1 atom stereocenters. The highest BCUT2D eigenvalue weighted by Gasteiger charge is 2.26. The monoisotopic (exact) mass is 407 g/mol. The van der Waals surface area contributed by atoms with E-state index in [-0.39, 0.29) is 11.7 Å². The van der Waals surface area contributed by atoms with Crippen LogP contribution < -0.4 is 15.8 Å². The van der Waals surface area contributed by atoms with E-state index in [1.165, 1.54) is 11.3 Å². The second kappa shape index (κ2) is 7.72. The van der Waals surface area contributed by atoms with Crippen LogP contribution in [0.1, 0.15) is 51.7 Å². The van der Waals surface area contributed by atoms with E-state index in [9.17, 15) is 14.9 Å². The average molecular weight is 407 g/mol. The Balaban J connectivity index is 1.60. The van der Waals surface area contributed by atoms with Crippen molar-refractivity contribution in [1.82, 2.24) is 0 Å². The van der Waals surface area contributed by atoms with Crippen LogP contribution in [0.5, 0.6) is 5.75 Å². The average Bonchev–Trinajstić information content (AvgIpc) is 3.24. The second-order valence-corrected chi connectivity index (χ2v) is 8.51. The van der Waals surface area contributed by atoms with Gasteiger partial charge in [-0.25, -0.2) is 0 Å². The highest BCUT2D eigenvalue weighted by molar-refractivity contribution is 7.17. The molecule has 3 N–H and O–H groups in total. The molecule has 0 saturated carbocycles. The van der Waals surface area contributed by atoms with Gasteiger partial charge < -0.3 is 15.8 Å². The number of benzene rings is 1. The van der Waals surface area contributed by atoms with Crippen molar-refractivity contribution < 1.29 is 14.3 Å². The molecule has 1 aromatic heterocycles. The molecule has 1 aliphatic heterocycles. The molecule has 2 aromatic rings. The Bertz CT molecular complexity index is 1080. The zero-order valence-corrected chi connectivity index (χ0v) is 16.9. The molecule has 0 spiro atoms. The molecular weight excluding hydrogens is 386 g/mol. The number of nitrogens with zero attached hydrogens (tertiary/aromatic N) is 1. The number of thiophene rings is 1. The first kappa shape index (κ1) is 19.2. The lowest BCUT2D eigenvalue weighted by atomic mass is 9.95. The largest absolute Gasteiger partial charge is 0.490 e. The molecule has 2 aliphatic rings. The summed E-state index contributed by atoms with van der Waals surface area (Å²) in [4.78, 5) is 25.8. The van der Waals surface area contributed by atoms with Gasteiger partial charge in [0.15, 0.2) is 0 Å². The highest BCUT2D eigenvalue weighted by Crippen LogP contribution is 2.38. The molecule has 0 bridgehead atoms. The van der Waals surface area contributed by atoms with Crippen LogP contribution in [0.4, 0.5) is 5.00 Å². The van der Waals surface area contributed by atoms with Crippen molar-refractivity contribution >= 4 is 34.2 Å². The molecule has 1 unspecified atom stereocenters. The Kier molecular flexibility index (Phi) is 5.12. The summed E-state index contributed by atoms with van der Waals surface area (Å²) in [6.45, 7) is 2.00. The van der Waals surface area contributed by atoms with Gasteiger partial charge in [0.1, 0.15) is 28.5 Å². The molecule has 0 radical (unpaired) electrons. The summed E-state index contributed by atoms with van der Waals surface area (Å²) >= 11 is 1.38. The predicted octanol–water partition coefficient (Wildman–Crippen LogP) is 3.59. The summed E-state index contributed by atoms with van der Waals surface area (Å²) in [7, 11) is 0. The molecule has 6 nitrogen and oxygen atoms in total. The van der Waals surface area contributed by atoms with Gasteiger partial charge in [-0.1, -0.05) is 6.07 Å². The summed E-state index contributed by atoms with van der Waals surface area (Å²) < 4.78 is 5.69. The minimum atomic E-state index is -0.546. The Morgan fingerprint density at radius 2 is 2.14 bits per heavy atom. The van der Waals surface area contributed by atoms with Crippen molar-refractivity contribution in [2.24, 2.45) is 5.73 Å². The van der Waals surface area contributed by atoms with E-state index in [2.05, 4.69) is 5.32 Å². The zero-order valence-electron chi connectivity index (χ0n) is 16.1. The second-order valence-electron chi connectivity index (χ2n) is 7.40. The number of nitriles is 1. The highest BCUT2D eigenvalue weighted by atomic mass is 32.1. The summed E-state index contributed by atoms with van der Waals surface area (Å²) in [6, 6.07) is 7.57. The number of carbonyl (C=O) groups excluding carboxylic acids is 2. The standard InChI is InChI=1S/C22H21N3O3S/c1-12-8-14-9-13(6-7-17(14)28-12)10-15(11-23)21(27)25-22-19(20(24)26)16-4-2-3-5-18(16)29-22/h6-7,9-10,12H,2-5,8H2,1H3,(H2,24,26)(H,25,27)/b15-10+. The van der Waals surface area contributed by atoms with Gasteiger partial charge in [-0.3, -0.25) is 9.59 Å². The first-order valence-electron chi connectivity index (χ1n) is 9.63. The van der Waals surface area contributed by atoms with Gasteiger partial charge in [-0.2, -0.15) is 5.26 Å². The van der Waals surface area contributed by atoms with Crippen molar-refractivity contribution in [1.29, 1.82) is 5.26 Å². The topological polar surface area (TPSA) is 105 Å². The van der Waals surface area contributed by atoms with E-state index >= 15 is 0 Å². The number of anilines is 1. The van der Waals surface area contributed by atoms with Gasteiger partial charge in [-0.05, 0) is 67.5 Å². The van der Waals surface area contributed by atoms with Crippen LogP contribution in [-0.2, 0) is 24.1 Å². The summed E-state index contributed by atoms with van der Waals surface area (Å²) in [6.07, 6.45) is 6.21. The van der Waals surface area contributed by atoms with Gasteiger partial charge >= 0.3 is 0 Å². The number of hydrogen-bond donors (Lipinski definition) is 2. The first-order chi connectivity index (χ1) is 14.0. The van der Waals surface area contributed by atoms with Gasteiger partial charge in [0.05, 0.1) is 5.56 Å². The fourth-order valence-corrected chi connectivity index (χ4v) is 5.22. The fourth-order valence-electron chi connectivity index (χ4n) is 3.93. The number of nitrogens with one attached hydrogen (secondary N) is 1. The summed E-state index contributed by atoms with van der Waals surface area (Å²) in [5.41, 5.74) is 8.70. The van der Waals surface area contributed by atoms with Gasteiger partial charge in [0.25, 0.3) is 11.8 Å². The zero-order chi connectivity index (χ0) is 20.5. The maximum atomic E-state index is 12.7. The number of nitrogens with two attached hydrogens (primary N) is 1. The minimum absolute atomic E-state index is 0.0290. The van der Waals surface area contributed by atoms with Crippen LogP contribution in [0.2, 0.25) is 0 Å². The van der Waals surface area contributed by atoms with E-state index in [1.807, 2.05) is 31.2 Å². The maximum Gasteiger partial charge on any atom is 0.266 e. The Hall–Kier alpha value is -3.11. The molecule has 1 aromatic carbocycles. The molecule has 0 saturated heterocycles. The Morgan fingerprint density at radius 1 is 1.34 bits per heavy atom. The third kappa shape index (κ3) is 3.76. The smallest absolute Gasteiger partial charge is 0.266 e. The summed E-state index contributed by atoms with van der Waals surface area (Å²) in [5, 5.41) is 12.7. The van der Waals surface area contributed by atoms with Gasteiger partial charge in [0, 0.05) is 11.3 Å². The SMILES string of the molecule is CC1Cc2cc(/C=C(\C#N)C(=O)Nc3sc4c(c3C(N)=O)CCCC4)ccc2O1. The number of primary amides is 1. The number of carbonyl (C=O) groups is 2. The number of rotatable bonds is 4. The number of aryl methyl sites for hydroxylation is 1.